The number of hydrogen-bond donors (Lipinski definition) is 0. The number of nitrogens with zero attached hydrogens (tertiary/aromatic N) is 3. The third kappa shape index (κ3) is 7.38. The van der Waals surface area contributed by atoms with Gasteiger partial charge in [0.25, 0.3) is 5.56 Å². The van der Waals surface area contributed by atoms with Gasteiger partial charge in [-0.25, -0.2) is 4.98 Å². The van der Waals surface area contributed by atoms with Crippen molar-refractivity contribution in [2.75, 3.05) is 40.5 Å². The SMILES string of the molecule is CCCCCc1nc2ccccc2c(=O)n1-c1cc(CN(CCOC)CCOC)ccc1OC(C)C. The maximum Gasteiger partial charge on any atom is 0.266 e. The zero-order valence-electron chi connectivity index (χ0n) is 22.5. The van der Waals surface area contributed by atoms with Crippen molar-refractivity contribution >= 4 is 10.9 Å². The first kappa shape index (κ1) is 27.8. The summed E-state index contributed by atoms with van der Waals surface area (Å²) in [6, 6.07) is 13.7. The predicted molar refractivity (Wildman–Crippen MR) is 145 cm³/mol. The van der Waals surface area contributed by atoms with Crippen molar-refractivity contribution in [2.24, 2.45) is 0 Å². The number of methoxy groups -OCH3 is 2. The van der Waals surface area contributed by atoms with E-state index in [1.54, 1.807) is 18.8 Å². The quantitative estimate of drug-likeness (QED) is 0.277. The Kier molecular flexibility index (Phi) is 10.9. The standard InChI is InChI=1S/C29H41N3O4/c1-6-7-8-13-28-30-25-12-10-9-11-24(25)29(33)32(28)26-20-23(14-15-27(26)36-22(2)3)21-31(16-18-34-4)17-19-35-5/h9-12,14-15,20,22H,6-8,13,16-19,21H2,1-5H3. The van der Waals surface area contributed by atoms with Crippen LogP contribution in [0.2, 0.25) is 0 Å². The number of rotatable bonds is 15. The number of benzene rings is 2. The third-order valence-corrected chi connectivity index (χ3v) is 6.11. The van der Waals surface area contributed by atoms with Gasteiger partial charge in [-0.15, -0.1) is 0 Å². The lowest BCUT2D eigenvalue weighted by Crippen LogP contribution is -2.30. The van der Waals surface area contributed by atoms with E-state index in [0.717, 1.165) is 61.4 Å². The fraction of sp³-hybridized carbons (Fsp3) is 0.517. The van der Waals surface area contributed by atoms with Crippen LogP contribution in [0.15, 0.2) is 47.3 Å². The number of para-hydroxylation sites is 1. The molecule has 0 bridgehead atoms. The molecule has 0 fully saturated rings. The van der Waals surface area contributed by atoms with Crippen molar-refractivity contribution in [2.45, 2.75) is 59.1 Å². The fourth-order valence-electron chi connectivity index (χ4n) is 4.29. The van der Waals surface area contributed by atoms with Gasteiger partial charge in [0.2, 0.25) is 0 Å². The molecule has 2 aromatic carbocycles. The highest BCUT2D eigenvalue weighted by molar-refractivity contribution is 5.78. The molecule has 0 spiro atoms. The van der Waals surface area contributed by atoms with Crippen LogP contribution in [-0.4, -0.2) is 61.1 Å². The average Bonchev–Trinajstić information content (AvgIpc) is 2.87. The van der Waals surface area contributed by atoms with Gasteiger partial charge in [0.1, 0.15) is 11.6 Å². The second-order valence-corrected chi connectivity index (χ2v) is 9.37. The van der Waals surface area contributed by atoms with Gasteiger partial charge < -0.3 is 14.2 Å². The molecular formula is C29H41N3O4. The lowest BCUT2D eigenvalue weighted by atomic mass is 10.1. The Labute approximate surface area is 215 Å². The molecule has 0 aliphatic carbocycles. The first-order chi connectivity index (χ1) is 17.5. The monoisotopic (exact) mass is 495 g/mol. The summed E-state index contributed by atoms with van der Waals surface area (Å²) in [6.07, 6.45) is 3.87. The molecule has 1 heterocycles. The molecule has 3 aromatic rings. The van der Waals surface area contributed by atoms with Crippen molar-refractivity contribution in [3.8, 4) is 11.4 Å². The number of aryl methyl sites for hydroxylation is 1. The molecule has 0 unspecified atom stereocenters. The summed E-state index contributed by atoms with van der Waals surface area (Å²) in [4.78, 5) is 21.1. The number of aromatic nitrogens is 2. The molecule has 3 rings (SSSR count). The Hall–Kier alpha value is -2.74. The lowest BCUT2D eigenvalue weighted by Gasteiger charge is -2.23. The van der Waals surface area contributed by atoms with Gasteiger partial charge in [0.05, 0.1) is 35.9 Å². The highest BCUT2D eigenvalue weighted by atomic mass is 16.5. The molecule has 36 heavy (non-hydrogen) atoms. The highest BCUT2D eigenvalue weighted by Gasteiger charge is 2.18. The van der Waals surface area contributed by atoms with Crippen LogP contribution in [0, 0.1) is 0 Å². The van der Waals surface area contributed by atoms with Gasteiger partial charge in [0, 0.05) is 40.3 Å². The molecule has 0 aliphatic rings. The van der Waals surface area contributed by atoms with Crippen molar-refractivity contribution in [1.82, 2.24) is 14.5 Å². The van der Waals surface area contributed by atoms with Crippen LogP contribution in [0.3, 0.4) is 0 Å². The number of unbranched alkanes of at least 4 members (excludes halogenated alkanes) is 2. The van der Waals surface area contributed by atoms with Crippen molar-refractivity contribution in [1.29, 1.82) is 0 Å². The van der Waals surface area contributed by atoms with Gasteiger partial charge in [-0.2, -0.15) is 0 Å². The minimum atomic E-state index is -0.0616. The summed E-state index contributed by atoms with van der Waals surface area (Å²) in [5.74, 6) is 1.46. The van der Waals surface area contributed by atoms with Gasteiger partial charge in [-0.3, -0.25) is 14.3 Å². The van der Waals surface area contributed by atoms with Crippen molar-refractivity contribution in [3.63, 3.8) is 0 Å². The van der Waals surface area contributed by atoms with Crippen LogP contribution in [0.5, 0.6) is 5.75 Å². The minimum absolute atomic E-state index is 0.0258. The topological polar surface area (TPSA) is 65.8 Å². The van der Waals surface area contributed by atoms with Crippen molar-refractivity contribution in [3.05, 3.63) is 64.2 Å². The fourth-order valence-corrected chi connectivity index (χ4v) is 4.29. The molecule has 0 radical (unpaired) electrons. The van der Waals surface area contributed by atoms with E-state index >= 15 is 0 Å². The molecule has 196 valence electrons. The van der Waals surface area contributed by atoms with E-state index in [2.05, 4.69) is 24.0 Å². The van der Waals surface area contributed by atoms with E-state index in [4.69, 9.17) is 19.2 Å². The van der Waals surface area contributed by atoms with Gasteiger partial charge in [-0.05, 0) is 50.1 Å². The summed E-state index contributed by atoms with van der Waals surface area (Å²) in [5.41, 5.74) is 2.51. The van der Waals surface area contributed by atoms with Gasteiger partial charge in [-0.1, -0.05) is 38.0 Å². The molecule has 0 amide bonds. The Morgan fingerprint density at radius 1 is 1.00 bits per heavy atom. The summed E-state index contributed by atoms with van der Waals surface area (Å²) in [6.45, 7) is 9.75. The van der Waals surface area contributed by atoms with Gasteiger partial charge in [0.15, 0.2) is 0 Å². The first-order valence-electron chi connectivity index (χ1n) is 13.0. The third-order valence-electron chi connectivity index (χ3n) is 6.11. The molecule has 7 nitrogen and oxygen atoms in total. The summed E-state index contributed by atoms with van der Waals surface area (Å²) in [7, 11) is 3.42. The lowest BCUT2D eigenvalue weighted by molar-refractivity contribution is 0.110. The van der Waals surface area contributed by atoms with E-state index in [-0.39, 0.29) is 11.7 Å². The summed E-state index contributed by atoms with van der Waals surface area (Å²) in [5, 5.41) is 0.611. The van der Waals surface area contributed by atoms with E-state index in [0.29, 0.717) is 30.9 Å². The highest BCUT2D eigenvalue weighted by Crippen LogP contribution is 2.27. The molecule has 0 atom stereocenters. The minimum Gasteiger partial charge on any atom is -0.489 e. The summed E-state index contributed by atoms with van der Waals surface area (Å²) < 4.78 is 18.6. The number of hydrogen-bond acceptors (Lipinski definition) is 6. The van der Waals surface area contributed by atoms with E-state index in [9.17, 15) is 4.79 Å². The maximum absolute atomic E-state index is 13.9. The predicted octanol–water partition coefficient (Wildman–Crippen LogP) is 5.00. The number of ether oxygens (including phenoxy) is 3. The Bertz CT molecular complexity index is 1150. The molecule has 0 N–H and O–H groups in total. The van der Waals surface area contributed by atoms with Crippen molar-refractivity contribution < 1.29 is 14.2 Å². The number of fused-ring (bicyclic) bond motifs is 1. The zero-order valence-corrected chi connectivity index (χ0v) is 22.5. The van der Waals surface area contributed by atoms with E-state index < -0.39 is 0 Å². The van der Waals surface area contributed by atoms with E-state index in [1.807, 2.05) is 44.2 Å². The Balaban J connectivity index is 2.13. The molecule has 0 aliphatic heterocycles. The van der Waals surface area contributed by atoms with Crippen LogP contribution in [-0.2, 0) is 22.4 Å². The first-order valence-corrected chi connectivity index (χ1v) is 13.0. The summed E-state index contributed by atoms with van der Waals surface area (Å²) >= 11 is 0. The maximum atomic E-state index is 13.9. The van der Waals surface area contributed by atoms with Crippen LogP contribution >= 0.6 is 0 Å². The second kappa shape index (κ2) is 14.1. The van der Waals surface area contributed by atoms with Crippen LogP contribution < -0.4 is 10.3 Å². The average molecular weight is 496 g/mol. The van der Waals surface area contributed by atoms with Crippen LogP contribution in [0.25, 0.3) is 16.6 Å². The Morgan fingerprint density at radius 3 is 2.39 bits per heavy atom. The molecule has 0 saturated carbocycles. The molecule has 7 heteroatoms. The zero-order chi connectivity index (χ0) is 25.9. The smallest absolute Gasteiger partial charge is 0.266 e. The molecule has 1 aromatic heterocycles. The second-order valence-electron chi connectivity index (χ2n) is 9.37. The van der Waals surface area contributed by atoms with E-state index in [1.165, 1.54) is 0 Å². The van der Waals surface area contributed by atoms with Crippen LogP contribution in [0.1, 0.15) is 51.4 Å². The Morgan fingerprint density at radius 2 is 1.72 bits per heavy atom. The van der Waals surface area contributed by atoms with Crippen LogP contribution in [0.4, 0.5) is 0 Å². The van der Waals surface area contributed by atoms with Gasteiger partial charge >= 0.3 is 0 Å². The molecule has 0 saturated heterocycles. The largest absolute Gasteiger partial charge is 0.489 e. The molecular weight excluding hydrogens is 454 g/mol. The normalized spacial score (nSPS) is 11.6.